The summed E-state index contributed by atoms with van der Waals surface area (Å²) in [6, 6.07) is 17.7. The topological polar surface area (TPSA) is 80.7 Å². The Bertz CT molecular complexity index is 1370. The predicted octanol–water partition coefficient (Wildman–Crippen LogP) is 5.43. The van der Waals surface area contributed by atoms with Crippen LogP contribution in [0.15, 0.2) is 70.1 Å². The van der Waals surface area contributed by atoms with Crippen molar-refractivity contribution in [1.29, 1.82) is 0 Å². The number of nitrogens with zero attached hydrogens (tertiary/aromatic N) is 3. The number of aromatic hydroxyl groups is 1. The van der Waals surface area contributed by atoms with Gasteiger partial charge in [0.25, 0.3) is 0 Å². The van der Waals surface area contributed by atoms with E-state index in [0.29, 0.717) is 41.8 Å². The number of hydrogen-bond donors (Lipinski definition) is 1. The largest absolute Gasteiger partial charge is 0.494 e. The zero-order valence-corrected chi connectivity index (χ0v) is 21.5. The van der Waals surface area contributed by atoms with Crippen LogP contribution >= 0.6 is 11.3 Å². The quantitative estimate of drug-likeness (QED) is 0.302. The van der Waals surface area contributed by atoms with Gasteiger partial charge in [0.15, 0.2) is 0 Å². The monoisotopic (exact) mass is 517 g/mol. The minimum absolute atomic E-state index is 0.0930. The number of rotatable bonds is 10. The lowest BCUT2D eigenvalue weighted by atomic mass is 10.1. The van der Waals surface area contributed by atoms with Gasteiger partial charge in [0.2, 0.25) is 11.8 Å². The molecule has 0 amide bonds. The van der Waals surface area contributed by atoms with Gasteiger partial charge in [0.1, 0.15) is 24.3 Å². The molecule has 5 rings (SSSR count). The van der Waals surface area contributed by atoms with E-state index in [2.05, 4.69) is 9.88 Å². The molecule has 4 aromatic rings. The van der Waals surface area contributed by atoms with Crippen molar-refractivity contribution >= 4 is 23.5 Å². The summed E-state index contributed by atoms with van der Waals surface area (Å²) in [7, 11) is 0. The van der Waals surface area contributed by atoms with Gasteiger partial charge in [-0.2, -0.15) is 0 Å². The summed E-state index contributed by atoms with van der Waals surface area (Å²) in [6.45, 7) is 3.77. The summed E-state index contributed by atoms with van der Waals surface area (Å²) in [5.74, 6) is 1.33. The van der Waals surface area contributed by atoms with E-state index in [9.17, 15) is 9.90 Å². The van der Waals surface area contributed by atoms with Crippen LogP contribution in [0.5, 0.6) is 11.6 Å². The standard InChI is InChI=1S/C29H31N3O4S/c33-28-26(37-29(34)32(28)18-17-31-15-5-2-6-16-31)19-23-9-12-25(13-10-23)35-20-24-21-36-27(30-24)14-11-22-7-3-1-4-8-22/h1,3-4,7-14,21,33H,2,5-6,15-20H2. The fraction of sp³-hybridized carbons (Fsp3) is 0.310. The first-order valence-corrected chi connectivity index (χ1v) is 13.5. The molecule has 192 valence electrons. The third-order valence-electron chi connectivity index (χ3n) is 6.49. The van der Waals surface area contributed by atoms with Gasteiger partial charge in [-0.15, -0.1) is 0 Å². The van der Waals surface area contributed by atoms with Gasteiger partial charge in [-0.25, -0.2) is 4.98 Å². The molecule has 1 saturated heterocycles. The van der Waals surface area contributed by atoms with Crippen molar-refractivity contribution in [2.75, 3.05) is 19.6 Å². The van der Waals surface area contributed by atoms with Gasteiger partial charge < -0.3 is 19.2 Å². The molecule has 0 aliphatic carbocycles. The molecule has 1 fully saturated rings. The van der Waals surface area contributed by atoms with Crippen molar-refractivity contribution < 1.29 is 14.3 Å². The summed E-state index contributed by atoms with van der Waals surface area (Å²) in [5.41, 5.74) is 2.78. The Balaban J connectivity index is 1.13. The molecular formula is C29H31N3O4S. The second kappa shape index (κ2) is 12.1. The van der Waals surface area contributed by atoms with E-state index in [1.807, 2.05) is 66.7 Å². The van der Waals surface area contributed by atoms with Crippen molar-refractivity contribution in [1.82, 2.24) is 14.5 Å². The van der Waals surface area contributed by atoms with E-state index in [1.54, 1.807) is 6.26 Å². The Morgan fingerprint density at radius 1 is 1.00 bits per heavy atom. The molecule has 8 heteroatoms. The molecule has 1 N–H and O–H groups in total. The van der Waals surface area contributed by atoms with Crippen molar-refractivity contribution in [2.24, 2.45) is 0 Å². The number of ether oxygens (including phenoxy) is 1. The number of oxazole rings is 1. The first-order chi connectivity index (χ1) is 18.1. The highest BCUT2D eigenvalue weighted by molar-refractivity contribution is 7.09. The lowest BCUT2D eigenvalue weighted by Crippen LogP contribution is -2.33. The molecule has 37 heavy (non-hydrogen) atoms. The molecule has 0 unspecified atom stereocenters. The number of benzene rings is 2. The lowest BCUT2D eigenvalue weighted by Gasteiger charge is -2.26. The molecule has 3 heterocycles. The minimum Gasteiger partial charge on any atom is -0.494 e. The Morgan fingerprint density at radius 2 is 1.78 bits per heavy atom. The molecule has 2 aromatic carbocycles. The number of thiazole rings is 1. The molecule has 1 aliphatic heterocycles. The third kappa shape index (κ3) is 6.78. The van der Waals surface area contributed by atoms with E-state index in [4.69, 9.17) is 9.15 Å². The average Bonchev–Trinajstić information content (AvgIpc) is 3.50. The number of piperidine rings is 1. The van der Waals surface area contributed by atoms with E-state index < -0.39 is 0 Å². The summed E-state index contributed by atoms with van der Waals surface area (Å²) in [6.07, 6.45) is 9.58. The Hall–Kier alpha value is -3.62. The molecule has 0 atom stereocenters. The third-order valence-corrected chi connectivity index (χ3v) is 7.45. The van der Waals surface area contributed by atoms with Crippen LogP contribution in [-0.4, -0.2) is 39.2 Å². The lowest BCUT2D eigenvalue weighted by molar-refractivity contribution is 0.217. The first kappa shape index (κ1) is 25.0. The summed E-state index contributed by atoms with van der Waals surface area (Å²) < 4.78 is 12.9. The number of hydrogen-bond acceptors (Lipinski definition) is 7. The Kier molecular flexibility index (Phi) is 8.18. The highest BCUT2D eigenvalue weighted by Crippen LogP contribution is 2.25. The maximum atomic E-state index is 12.5. The second-order valence-corrected chi connectivity index (χ2v) is 10.2. The molecule has 0 bridgehead atoms. The molecule has 1 aliphatic rings. The van der Waals surface area contributed by atoms with Gasteiger partial charge in [0.05, 0.1) is 4.88 Å². The average molecular weight is 518 g/mol. The fourth-order valence-corrected chi connectivity index (χ4v) is 5.36. The summed E-state index contributed by atoms with van der Waals surface area (Å²) in [4.78, 5) is 19.9. The van der Waals surface area contributed by atoms with Crippen molar-refractivity contribution in [3.05, 3.63) is 98.1 Å². The summed E-state index contributed by atoms with van der Waals surface area (Å²) in [5, 5.41) is 10.7. The van der Waals surface area contributed by atoms with Crippen molar-refractivity contribution in [3.8, 4) is 11.6 Å². The van der Waals surface area contributed by atoms with E-state index >= 15 is 0 Å². The molecule has 0 spiro atoms. The second-order valence-electron chi connectivity index (χ2n) is 9.20. The van der Waals surface area contributed by atoms with Gasteiger partial charge in [-0.1, -0.05) is 60.2 Å². The summed E-state index contributed by atoms with van der Waals surface area (Å²) >= 11 is 1.12. The van der Waals surface area contributed by atoms with Crippen LogP contribution < -0.4 is 9.61 Å². The maximum absolute atomic E-state index is 12.5. The normalized spacial score (nSPS) is 14.4. The zero-order chi connectivity index (χ0) is 25.5. The number of aromatic nitrogens is 2. The maximum Gasteiger partial charge on any atom is 0.310 e. The highest BCUT2D eigenvalue weighted by atomic mass is 32.1. The molecule has 0 saturated carbocycles. The van der Waals surface area contributed by atoms with Gasteiger partial charge in [0, 0.05) is 25.6 Å². The highest BCUT2D eigenvalue weighted by Gasteiger charge is 2.16. The molecule has 7 nitrogen and oxygen atoms in total. The SMILES string of the molecule is O=c1sc(Cc2ccc(OCc3coc(C=Cc4ccccc4)n3)cc2)c(O)n1CCN1CCCCC1. The van der Waals surface area contributed by atoms with E-state index in [0.717, 1.165) is 42.1 Å². The Labute approximate surface area is 220 Å². The zero-order valence-electron chi connectivity index (χ0n) is 20.7. The van der Waals surface area contributed by atoms with Gasteiger partial charge >= 0.3 is 4.87 Å². The predicted molar refractivity (Wildman–Crippen MR) is 146 cm³/mol. The first-order valence-electron chi connectivity index (χ1n) is 12.7. The van der Waals surface area contributed by atoms with Crippen LogP contribution in [0.4, 0.5) is 0 Å². The van der Waals surface area contributed by atoms with Gasteiger partial charge in [-0.3, -0.25) is 9.36 Å². The van der Waals surface area contributed by atoms with Crippen LogP contribution in [0.2, 0.25) is 0 Å². The minimum atomic E-state index is -0.102. The molecular weight excluding hydrogens is 486 g/mol. The van der Waals surface area contributed by atoms with Crippen LogP contribution in [0.25, 0.3) is 12.2 Å². The van der Waals surface area contributed by atoms with Crippen LogP contribution in [0, 0.1) is 0 Å². The van der Waals surface area contributed by atoms with E-state index in [1.165, 1.54) is 23.8 Å². The molecule has 0 radical (unpaired) electrons. The molecule has 2 aromatic heterocycles. The van der Waals surface area contributed by atoms with Gasteiger partial charge in [-0.05, 0) is 55.3 Å². The van der Waals surface area contributed by atoms with Crippen molar-refractivity contribution in [3.63, 3.8) is 0 Å². The smallest absolute Gasteiger partial charge is 0.310 e. The van der Waals surface area contributed by atoms with Crippen molar-refractivity contribution in [2.45, 2.75) is 38.8 Å². The van der Waals surface area contributed by atoms with Crippen LogP contribution in [0.1, 0.15) is 46.9 Å². The van der Waals surface area contributed by atoms with Crippen LogP contribution in [0.3, 0.4) is 0 Å². The fourth-order valence-electron chi connectivity index (χ4n) is 4.42. The van der Waals surface area contributed by atoms with Crippen LogP contribution in [-0.2, 0) is 19.6 Å². The van der Waals surface area contributed by atoms with E-state index in [-0.39, 0.29) is 10.8 Å². The number of likely N-dealkylation sites (tertiary alicyclic amines) is 1. The Morgan fingerprint density at radius 3 is 2.57 bits per heavy atom.